The van der Waals surface area contributed by atoms with Crippen LogP contribution in [0.1, 0.15) is 24.2 Å². The molecule has 0 saturated heterocycles. The van der Waals surface area contributed by atoms with Crippen molar-refractivity contribution < 1.29 is 8.83 Å². The van der Waals surface area contributed by atoms with Gasteiger partial charge >= 0.3 is 0 Å². The number of aryl methyl sites for hydroxylation is 2. The smallest absolute Gasteiger partial charge is 0.236 e. The Morgan fingerprint density at radius 2 is 2.15 bits per heavy atom. The molecule has 0 N–H and O–H groups in total. The number of nitrogens with zero attached hydrogens (tertiary/aromatic N) is 4. The van der Waals surface area contributed by atoms with Crippen molar-refractivity contribution in [1.29, 1.82) is 0 Å². The fraction of sp³-hybridized carbons (Fsp3) is 0.211. The summed E-state index contributed by atoms with van der Waals surface area (Å²) in [6.45, 7) is 4.03. The molecule has 5 aromatic heterocycles. The Kier molecular flexibility index (Phi) is 4.02. The summed E-state index contributed by atoms with van der Waals surface area (Å²) in [7, 11) is 0. The Labute approximate surface area is 163 Å². The SMILES string of the molecule is CCc1nnc(SCc2nc(-c3cccs3)oc2C)c2cc3occc3n12. The highest BCUT2D eigenvalue weighted by atomic mass is 32.2. The van der Waals surface area contributed by atoms with Gasteiger partial charge in [-0.05, 0) is 18.4 Å². The highest BCUT2D eigenvalue weighted by molar-refractivity contribution is 7.98. The maximum absolute atomic E-state index is 5.84. The van der Waals surface area contributed by atoms with Crippen LogP contribution in [0.25, 0.3) is 27.4 Å². The lowest BCUT2D eigenvalue weighted by atomic mass is 10.4. The third kappa shape index (κ3) is 2.76. The molecule has 8 heteroatoms. The van der Waals surface area contributed by atoms with Gasteiger partial charge in [-0.25, -0.2) is 4.98 Å². The van der Waals surface area contributed by atoms with Crippen LogP contribution in [0.3, 0.4) is 0 Å². The molecule has 5 aromatic rings. The molecule has 0 saturated carbocycles. The summed E-state index contributed by atoms with van der Waals surface area (Å²) < 4.78 is 13.5. The van der Waals surface area contributed by atoms with Crippen molar-refractivity contribution in [1.82, 2.24) is 19.6 Å². The van der Waals surface area contributed by atoms with Crippen LogP contribution < -0.4 is 0 Å². The van der Waals surface area contributed by atoms with E-state index in [9.17, 15) is 0 Å². The summed E-state index contributed by atoms with van der Waals surface area (Å²) in [6, 6.07) is 8.00. The molecular formula is C19H16N4O2S2. The van der Waals surface area contributed by atoms with Crippen LogP contribution in [0.4, 0.5) is 0 Å². The average Bonchev–Trinajstić information content (AvgIpc) is 3.43. The van der Waals surface area contributed by atoms with Crippen LogP contribution in [0, 0.1) is 6.92 Å². The van der Waals surface area contributed by atoms with E-state index in [0.717, 1.165) is 50.2 Å². The lowest BCUT2D eigenvalue weighted by molar-refractivity contribution is 0.542. The zero-order valence-corrected chi connectivity index (χ0v) is 16.4. The van der Waals surface area contributed by atoms with E-state index in [1.54, 1.807) is 29.4 Å². The normalized spacial score (nSPS) is 11.8. The molecular weight excluding hydrogens is 380 g/mol. The second-order valence-electron chi connectivity index (χ2n) is 6.10. The first-order valence-electron chi connectivity index (χ1n) is 8.61. The van der Waals surface area contributed by atoms with E-state index < -0.39 is 0 Å². The number of thioether (sulfide) groups is 1. The van der Waals surface area contributed by atoms with Gasteiger partial charge in [-0.2, -0.15) is 0 Å². The number of furan rings is 1. The van der Waals surface area contributed by atoms with Crippen molar-refractivity contribution in [3.8, 4) is 10.8 Å². The molecule has 0 aliphatic carbocycles. The van der Waals surface area contributed by atoms with E-state index in [2.05, 4.69) is 26.5 Å². The van der Waals surface area contributed by atoms with Crippen LogP contribution in [0.5, 0.6) is 0 Å². The van der Waals surface area contributed by atoms with Crippen LogP contribution in [0.2, 0.25) is 0 Å². The number of rotatable bonds is 5. The first-order chi connectivity index (χ1) is 13.2. The molecule has 5 heterocycles. The van der Waals surface area contributed by atoms with E-state index in [0.29, 0.717) is 11.6 Å². The number of hydrogen-bond acceptors (Lipinski definition) is 7. The Morgan fingerprint density at radius 1 is 1.22 bits per heavy atom. The standard InChI is InChI=1S/C19H16N4O2S2/c1-3-17-21-22-19(14-9-15-13(23(14)17)6-7-24-15)27-10-12-11(2)25-18(20-12)16-5-4-8-26-16/h4-9H,3,10H2,1-2H3. The number of aromatic nitrogens is 4. The van der Waals surface area contributed by atoms with Gasteiger partial charge in [0.25, 0.3) is 0 Å². The quantitative estimate of drug-likeness (QED) is 0.373. The monoisotopic (exact) mass is 396 g/mol. The number of thiophene rings is 1. The molecule has 0 unspecified atom stereocenters. The predicted octanol–water partition coefficient (Wildman–Crippen LogP) is 5.36. The van der Waals surface area contributed by atoms with Gasteiger partial charge in [-0.15, -0.1) is 21.5 Å². The van der Waals surface area contributed by atoms with E-state index in [1.807, 2.05) is 36.6 Å². The molecule has 136 valence electrons. The summed E-state index contributed by atoms with van der Waals surface area (Å²) in [6.07, 6.45) is 2.50. The Bertz CT molecular complexity index is 1230. The third-order valence-electron chi connectivity index (χ3n) is 4.44. The van der Waals surface area contributed by atoms with Gasteiger partial charge in [-0.3, -0.25) is 4.40 Å². The fourth-order valence-electron chi connectivity index (χ4n) is 3.10. The van der Waals surface area contributed by atoms with Gasteiger partial charge in [0.2, 0.25) is 5.89 Å². The molecule has 0 spiro atoms. The zero-order chi connectivity index (χ0) is 18.4. The van der Waals surface area contributed by atoms with Crippen molar-refractivity contribution in [3.63, 3.8) is 0 Å². The Morgan fingerprint density at radius 3 is 2.96 bits per heavy atom. The van der Waals surface area contributed by atoms with Crippen molar-refractivity contribution in [2.24, 2.45) is 0 Å². The van der Waals surface area contributed by atoms with E-state index in [-0.39, 0.29) is 0 Å². The molecule has 5 rings (SSSR count). The molecule has 0 radical (unpaired) electrons. The van der Waals surface area contributed by atoms with Crippen molar-refractivity contribution in [3.05, 3.63) is 53.2 Å². The maximum atomic E-state index is 5.84. The Hall–Kier alpha value is -2.58. The molecule has 0 aromatic carbocycles. The van der Waals surface area contributed by atoms with Crippen molar-refractivity contribution >= 4 is 39.7 Å². The summed E-state index contributed by atoms with van der Waals surface area (Å²) in [5.74, 6) is 3.10. The average molecular weight is 396 g/mol. The van der Waals surface area contributed by atoms with Gasteiger partial charge in [0.15, 0.2) is 5.58 Å². The zero-order valence-electron chi connectivity index (χ0n) is 14.8. The minimum atomic E-state index is 0.670. The highest BCUT2D eigenvalue weighted by Crippen LogP contribution is 2.32. The second-order valence-corrected chi connectivity index (χ2v) is 8.01. The lowest BCUT2D eigenvalue weighted by Gasteiger charge is -2.06. The molecule has 0 aliphatic heterocycles. The van der Waals surface area contributed by atoms with E-state index >= 15 is 0 Å². The van der Waals surface area contributed by atoms with Gasteiger partial charge < -0.3 is 8.83 Å². The van der Waals surface area contributed by atoms with Crippen molar-refractivity contribution in [2.45, 2.75) is 31.0 Å². The minimum absolute atomic E-state index is 0.670. The predicted molar refractivity (Wildman–Crippen MR) is 106 cm³/mol. The highest BCUT2D eigenvalue weighted by Gasteiger charge is 2.17. The van der Waals surface area contributed by atoms with E-state index in [1.165, 1.54) is 0 Å². The first-order valence-corrected chi connectivity index (χ1v) is 10.5. The van der Waals surface area contributed by atoms with Crippen LogP contribution in [-0.4, -0.2) is 19.6 Å². The largest absolute Gasteiger partial charge is 0.463 e. The summed E-state index contributed by atoms with van der Waals surface area (Å²) >= 11 is 3.23. The minimum Gasteiger partial charge on any atom is -0.463 e. The first kappa shape index (κ1) is 16.6. The number of oxazole rings is 1. The summed E-state index contributed by atoms with van der Waals surface area (Å²) in [5, 5.41) is 11.7. The van der Waals surface area contributed by atoms with Gasteiger partial charge in [-0.1, -0.05) is 24.8 Å². The molecule has 6 nitrogen and oxygen atoms in total. The maximum Gasteiger partial charge on any atom is 0.236 e. The van der Waals surface area contributed by atoms with E-state index in [4.69, 9.17) is 8.83 Å². The van der Waals surface area contributed by atoms with Gasteiger partial charge in [0.05, 0.1) is 27.9 Å². The van der Waals surface area contributed by atoms with Crippen LogP contribution >= 0.6 is 23.1 Å². The van der Waals surface area contributed by atoms with Gasteiger partial charge in [0, 0.05) is 24.3 Å². The van der Waals surface area contributed by atoms with Crippen LogP contribution in [0.15, 0.2) is 49.8 Å². The summed E-state index contributed by atoms with van der Waals surface area (Å²) in [5.41, 5.74) is 3.81. The second kappa shape index (κ2) is 6.54. The fourth-order valence-corrected chi connectivity index (χ4v) is 4.68. The molecule has 27 heavy (non-hydrogen) atoms. The molecule has 0 fully saturated rings. The topological polar surface area (TPSA) is 69.4 Å². The molecule has 0 atom stereocenters. The lowest BCUT2D eigenvalue weighted by Crippen LogP contribution is -2.03. The van der Waals surface area contributed by atoms with Gasteiger partial charge in [0.1, 0.15) is 16.6 Å². The van der Waals surface area contributed by atoms with Crippen LogP contribution in [-0.2, 0) is 12.2 Å². The molecule has 0 bridgehead atoms. The Balaban J connectivity index is 1.49. The van der Waals surface area contributed by atoms with Crippen molar-refractivity contribution in [2.75, 3.05) is 0 Å². The molecule has 0 amide bonds. The number of fused-ring (bicyclic) bond motifs is 3. The summed E-state index contributed by atoms with van der Waals surface area (Å²) in [4.78, 5) is 5.70. The molecule has 0 aliphatic rings. The third-order valence-corrected chi connectivity index (χ3v) is 6.28. The number of hydrogen-bond donors (Lipinski definition) is 0.